The third-order valence-corrected chi connectivity index (χ3v) is 5.27. The number of carbonyl (C=O) groups is 1. The van der Waals surface area contributed by atoms with Gasteiger partial charge in [0.05, 0.1) is 29.1 Å². The van der Waals surface area contributed by atoms with Gasteiger partial charge in [-0.1, -0.05) is 12.1 Å². The zero-order chi connectivity index (χ0) is 21.4. The van der Waals surface area contributed by atoms with Crippen LogP contribution in [0.2, 0.25) is 0 Å². The molecule has 156 valence electrons. The highest BCUT2D eigenvalue weighted by atomic mass is 16.6. The van der Waals surface area contributed by atoms with Crippen molar-refractivity contribution in [3.63, 3.8) is 0 Å². The highest BCUT2D eigenvalue weighted by Gasteiger charge is 2.47. The fourth-order valence-corrected chi connectivity index (χ4v) is 4.05. The second-order valence-corrected chi connectivity index (χ2v) is 9.24. The molecule has 6 nitrogen and oxygen atoms in total. The lowest BCUT2D eigenvalue weighted by Crippen LogP contribution is -2.51. The maximum Gasteiger partial charge on any atom is 0.411 e. The number of ether oxygens (including phenoxy) is 1. The third kappa shape index (κ3) is 4.75. The Morgan fingerprint density at radius 1 is 1.07 bits per heavy atom. The minimum Gasteiger partial charge on any atom is -0.444 e. The molecular weight excluding hydrogens is 366 g/mol. The molecule has 3 heterocycles. The smallest absolute Gasteiger partial charge is 0.411 e. The van der Waals surface area contributed by atoms with Crippen LogP contribution < -0.4 is 0 Å². The number of aliphatic hydroxyl groups is 1. The van der Waals surface area contributed by atoms with E-state index in [1.807, 2.05) is 65.8 Å². The molecule has 1 N–H and O–H groups in total. The van der Waals surface area contributed by atoms with E-state index in [2.05, 4.69) is 9.97 Å². The van der Waals surface area contributed by atoms with Crippen molar-refractivity contribution in [3.8, 4) is 0 Å². The second kappa shape index (κ2) is 7.75. The summed E-state index contributed by atoms with van der Waals surface area (Å²) in [5.74, 6) is 0. The number of pyridine rings is 2. The fourth-order valence-electron chi connectivity index (χ4n) is 4.05. The molecule has 0 spiro atoms. The maximum absolute atomic E-state index is 13.4. The van der Waals surface area contributed by atoms with Crippen LogP contribution in [-0.4, -0.2) is 37.3 Å². The molecule has 1 amide bonds. The Kier molecular flexibility index (Phi) is 5.68. The molecule has 1 aliphatic rings. The van der Waals surface area contributed by atoms with E-state index in [1.54, 1.807) is 17.3 Å². The second-order valence-electron chi connectivity index (χ2n) is 9.24. The van der Waals surface area contributed by atoms with Crippen LogP contribution in [0.3, 0.4) is 0 Å². The highest BCUT2D eigenvalue weighted by molar-refractivity contribution is 5.70. The first-order valence-electron chi connectivity index (χ1n) is 10.1. The van der Waals surface area contributed by atoms with E-state index < -0.39 is 29.4 Å². The zero-order valence-electron chi connectivity index (χ0n) is 18.1. The van der Waals surface area contributed by atoms with E-state index in [4.69, 9.17) is 4.74 Å². The molecule has 0 saturated carbocycles. The van der Waals surface area contributed by atoms with Crippen LogP contribution in [0.1, 0.15) is 75.1 Å². The van der Waals surface area contributed by atoms with Crippen molar-refractivity contribution in [1.82, 2.24) is 14.9 Å². The summed E-state index contributed by atoms with van der Waals surface area (Å²) in [6.45, 7) is 11.3. The average Bonchev–Trinajstić information content (AvgIpc) is 2.59. The Bertz CT molecular complexity index is 831. The van der Waals surface area contributed by atoms with E-state index in [1.165, 1.54) is 0 Å². The lowest BCUT2D eigenvalue weighted by Gasteiger charge is -2.47. The van der Waals surface area contributed by atoms with Crippen molar-refractivity contribution < 1.29 is 14.6 Å². The van der Waals surface area contributed by atoms with Crippen LogP contribution in [0.25, 0.3) is 0 Å². The Morgan fingerprint density at radius 3 is 1.90 bits per heavy atom. The number of likely N-dealkylation sites (tertiary alicyclic amines) is 1. The van der Waals surface area contributed by atoms with Gasteiger partial charge in [-0.25, -0.2) is 4.79 Å². The minimum atomic E-state index is -0.970. The third-order valence-electron chi connectivity index (χ3n) is 5.27. The lowest BCUT2D eigenvalue weighted by molar-refractivity contribution is -0.0729. The highest BCUT2D eigenvalue weighted by Crippen LogP contribution is 2.46. The molecule has 0 aliphatic carbocycles. The van der Waals surface area contributed by atoms with E-state index in [-0.39, 0.29) is 0 Å². The van der Waals surface area contributed by atoms with Gasteiger partial charge in [-0.05, 0) is 64.8 Å². The largest absolute Gasteiger partial charge is 0.444 e. The van der Waals surface area contributed by atoms with Gasteiger partial charge in [0.2, 0.25) is 0 Å². The number of rotatable bonds is 2. The van der Waals surface area contributed by atoms with Gasteiger partial charge >= 0.3 is 6.09 Å². The van der Waals surface area contributed by atoms with Crippen LogP contribution in [0.5, 0.6) is 0 Å². The molecule has 3 rings (SSSR count). The first kappa shape index (κ1) is 21.2. The number of amides is 1. The van der Waals surface area contributed by atoms with Crippen LogP contribution >= 0.6 is 0 Å². The predicted molar refractivity (Wildman–Crippen MR) is 111 cm³/mol. The number of nitrogens with zero attached hydrogens (tertiary/aromatic N) is 3. The monoisotopic (exact) mass is 397 g/mol. The van der Waals surface area contributed by atoms with Gasteiger partial charge in [-0.3, -0.25) is 14.9 Å². The molecule has 3 atom stereocenters. The Labute approximate surface area is 172 Å². The van der Waals surface area contributed by atoms with E-state index in [0.717, 1.165) is 22.5 Å². The summed E-state index contributed by atoms with van der Waals surface area (Å²) in [6.07, 6.45) is 3.79. The van der Waals surface area contributed by atoms with Crippen molar-refractivity contribution >= 4 is 6.09 Å². The van der Waals surface area contributed by atoms with Crippen molar-refractivity contribution in [2.45, 2.75) is 77.7 Å². The summed E-state index contributed by atoms with van der Waals surface area (Å²) >= 11 is 0. The molecule has 2 aromatic heterocycles. The molecule has 0 bridgehead atoms. The first-order valence-corrected chi connectivity index (χ1v) is 10.1. The normalized spacial score (nSPS) is 25.0. The molecule has 0 aromatic carbocycles. The number of piperidine rings is 1. The molecule has 1 aliphatic heterocycles. The predicted octanol–water partition coefficient (Wildman–Crippen LogP) is 4.66. The number of aromatic nitrogens is 2. The summed E-state index contributed by atoms with van der Waals surface area (Å²) < 4.78 is 5.78. The van der Waals surface area contributed by atoms with Gasteiger partial charge in [0, 0.05) is 25.2 Å². The standard InChI is InChI=1S/C23H31N3O3/c1-15-9-7-11-24-19(15)17-13-23(6,28)14-18(20-16(2)10-8-12-25-20)26(17)21(27)29-22(3,4)5/h7-12,17-18,28H,13-14H2,1-6H3/t17-,18+,23?. The topological polar surface area (TPSA) is 75.6 Å². The average molecular weight is 398 g/mol. The summed E-state index contributed by atoms with van der Waals surface area (Å²) in [4.78, 5) is 24.2. The molecular formula is C23H31N3O3. The van der Waals surface area contributed by atoms with Crippen molar-refractivity contribution in [1.29, 1.82) is 0 Å². The summed E-state index contributed by atoms with van der Waals surface area (Å²) in [7, 11) is 0. The van der Waals surface area contributed by atoms with E-state index in [9.17, 15) is 9.90 Å². The number of carbonyl (C=O) groups excluding carboxylic acids is 1. The van der Waals surface area contributed by atoms with Gasteiger partial charge < -0.3 is 9.84 Å². The van der Waals surface area contributed by atoms with Gasteiger partial charge in [0.15, 0.2) is 0 Å². The molecule has 29 heavy (non-hydrogen) atoms. The van der Waals surface area contributed by atoms with Gasteiger partial charge in [0.1, 0.15) is 5.60 Å². The quantitative estimate of drug-likeness (QED) is 0.798. The molecule has 2 aromatic rings. The molecule has 1 unspecified atom stereocenters. The van der Waals surface area contributed by atoms with Crippen molar-refractivity contribution in [2.24, 2.45) is 0 Å². The Morgan fingerprint density at radius 2 is 1.52 bits per heavy atom. The van der Waals surface area contributed by atoms with E-state index >= 15 is 0 Å². The number of hydrogen-bond donors (Lipinski definition) is 1. The van der Waals surface area contributed by atoms with Crippen LogP contribution in [0, 0.1) is 13.8 Å². The van der Waals surface area contributed by atoms with Crippen LogP contribution in [-0.2, 0) is 4.74 Å². The van der Waals surface area contributed by atoms with Gasteiger partial charge in [0.25, 0.3) is 0 Å². The van der Waals surface area contributed by atoms with Crippen molar-refractivity contribution in [3.05, 3.63) is 59.2 Å². The minimum absolute atomic E-state index is 0.381. The maximum atomic E-state index is 13.4. The van der Waals surface area contributed by atoms with Crippen LogP contribution in [0.4, 0.5) is 4.79 Å². The molecule has 1 saturated heterocycles. The summed E-state index contributed by atoms with van der Waals surface area (Å²) in [6, 6.07) is 6.86. The molecule has 0 radical (unpaired) electrons. The number of aryl methyl sites for hydroxylation is 2. The molecule has 6 heteroatoms. The van der Waals surface area contributed by atoms with E-state index in [0.29, 0.717) is 12.8 Å². The zero-order valence-corrected chi connectivity index (χ0v) is 18.1. The van der Waals surface area contributed by atoms with Crippen molar-refractivity contribution in [2.75, 3.05) is 0 Å². The number of hydrogen-bond acceptors (Lipinski definition) is 5. The Hall–Kier alpha value is -2.47. The summed E-state index contributed by atoms with van der Waals surface area (Å²) in [5.41, 5.74) is 1.89. The fraction of sp³-hybridized carbons (Fsp3) is 0.522. The first-order chi connectivity index (χ1) is 13.5. The lowest BCUT2D eigenvalue weighted by atomic mass is 9.80. The van der Waals surface area contributed by atoms with Crippen LogP contribution in [0.15, 0.2) is 36.7 Å². The SMILES string of the molecule is Cc1cccnc1[C@H]1CC(C)(O)C[C@@H](c2ncccc2C)N1C(=O)OC(C)(C)C. The Balaban J connectivity index is 2.15. The molecule has 1 fully saturated rings. The van der Waals surface area contributed by atoms with Gasteiger partial charge in [-0.2, -0.15) is 0 Å². The van der Waals surface area contributed by atoms with Gasteiger partial charge in [-0.15, -0.1) is 0 Å². The summed E-state index contributed by atoms with van der Waals surface area (Å²) in [5, 5.41) is 11.1.